The summed E-state index contributed by atoms with van der Waals surface area (Å²) in [7, 11) is 0.732. The summed E-state index contributed by atoms with van der Waals surface area (Å²) in [5, 5.41) is 14.1. The van der Waals surface area contributed by atoms with E-state index in [0.717, 1.165) is 107 Å². The average Bonchev–Trinajstić information content (AvgIpc) is 4.28. The van der Waals surface area contributed by atoms with E-state index in [-0.39, 0.29) is 35.2 Å². The van der Waals surface area contributed by atoms with Crippen LogP contribution in [-0.4, -0.2) is 194 Å². The highest BCUT2D eigenvalue weighted by Crippen LogP contribution is 2.20. The summed E-state index contributed by atoms with van der Waals surface area (Å²) in [5.41, 5.74) is 21.0. The predicted molar refractivity (Wildman–Crippen MR) is 286 cm³/mol. The Hall–Kier alpha value is -7.75. The molecule has 0 saturated carbocycles. The summed E-state index contributed by atoms with van der Waals surface area (Å²) in [6.07, 6.45) is 7.20. The highest BCUT2D eigenvalue weighted by molar-refractivity contribution is 7.90. The van der Waals surface area contributed by atoms with Crippen LogP contribution in [0.5, 0.6) is 0 Å². The molecule has 10 rings (SSSR count). The number of nitrogens with one attached hydrogen (secondary N) is 2. The number of rotatable bonds is 18. The molecule has 8 aromatic rings. The molecule has 76 heavy (non-hydrogen) atoms. The van der Waals surface area contributed by atoms with Gasteiger partial charge in [0.2, 0.25) is 39.3 Å². The number of piperazine rings is 2. The second-order valence-electron chi connectivity index (χ2n) is 18.5. The van der Waals surface area contributed by atoms with Crippen LogP contribution >= 0.6 is 0 Å². The Morgan fingerprint density at radius 2 is 1.16 bits per heavy atom. The number of benzene rings is 2. The van der Waals surface area contributed by atoms with Crippen LogP contribution in [0, 0.1) is 0 Å². The molecule has 2 aliphatic rings. The van der Waals surface area contributed by atoms with Gasteiger partial charge in [0.05, 0.1) is 12.5 Å². The topological polar surface area (TPSA) is 322 Å². The highest BCUT2D eigenvalue weighted by atomic mass is 32.2. The second kappa shape index (κ2) is 25.7. The molecule has 0 atom stereocenters. The van der Waals surface area contributed by atoms with Crippen molar-refractivity contribution in [1.29, 1.82) is 0 Å². The van der Waals surface area contributed by atoms with Crippen molar-refractivity contribution in [2.45, 2.75) is 30.8 Å². The van der Waals surface area contributed by atoms with Gasteiger partial charge in [0, 0.05) is 95.8 Å². The van der Waals surface area contributed by atoms with Crippen LogP contribution < -0.4 is 27.8 Å². The lowest BCUT2D eigenvalue weighted by atomic mass is 10.0. The predicted octanol–water partition coefficient (Wildman–Crippen LogP) is 2.16. The number of carbonyl (C=O) groups is 2. The molecule has 402 valence electrons. The molecule has 0 aliphatic carbocycles. The minimum atomic E-state index is -3.57. The van der Waals surface area contributed by atoms with Crippen molar-refractivity contribution < 1.29 is 26.8 Å². The zero-order valence-corrected chi connectivity index (χ0v) is 43.8. The Labute approximate surface area is 439 Å². The van der Waals surface area contributed by atoms with Gasteiger partial charge in [0.1, 0.15) is 0 Å². The van der Waals surface area contributed by atoms with Gasteiger partial charge in [-0.1, -0.05) is 36.4 Å². The molecule has 25 nitrogen and oxygen atoms in total. The molecule has 2 aliphatic heterocycles. The standard InChI is InChI=1S/C24H30N10O2.C17H27N3O.C9H8N6O3S/c1-32-12-14-33(15-13-32)11-10-26-21(35)18-6-4-17(5-7-18)8-9-27-23-29-22(25)34-24(30-23)28-20(31-34)19-3-2-16-36-19;1-19-11-13-20(14-12-19)10-2-3-17(21)16-6-4-15(5-7-16)8-9-18;1-19(16,17)9-12-7(10)15-8(13-9)11-6(14-15)5-3-2-4-18-5/h2-7,16H,8-15H2,1H3,(H,26,35)(H3,25,27,28,29,30,31);4-7H,2-3,8-14,18H2,1H3;2-4H,1H3,(H2,10,11,12,13,14). The third-order valence-corrected chi connectivity index (χ3v) is 13.5. The van der Waals surface area contributed by atoms with Gasteiger partial charge in [0.25, 0.3) is 22.6 Å². The van der Waals surface area contributed by atoms with E-state index in [1.165, 1.54) is 16.3 Å². The van der Waals surface area contributed by atoms with Crippen molar-refractivity contribution in [3.05, 3.63) is 108 Å². The van der Waals surface area contributed by atoms with E-state index in [9.17, 15) is 18.0 Å². The first-order valence-corrected chi connectivity index (χ1v) is 26.9. The van der Waals surface area contributed by atoms with Crippen molar-refractivity contribution in [2.24, 2.45) is 5.73 Å². The smallest absolute Gasteiger partial charge is 0.259 e. The number of Topliss-reactive ketones (excluding diaryl/α,β-unsaturated/α-hetero) is 1. The highest BCUT2D eigenvalue weighted by Gasteiger charge is 2.20. The fourth-order valence-electron chi connectivity index (χ4n) is 8.20. The maximum absolute atomic E-state index is 12.5. The molecule has 8 N–H and O–H groups in total. The fraction of sp³-hybridized carbons (Fsp3) is 0.400. The summed E-state index contributed by atoms with van der Waals surface area (Å²) >= 11 is 0. The molecule has 0 unspecified atom stereocenters. The Morgan fingerprint density at radius 1 is 0.632 bits per heavy atom. The summed E-state index contributed by atoms with van der Waals surface area (Å²) in [6.45, 7) is 12.6. The van der Waals surface area contributed by atoms with Crippen LogP contribution in [0.4, 0.5) is 17.8 Å². The number of sulfone groups is 1. The molecule has 6 aromatic heterocycles. The summed E-state index contributed by atoms with van der Waals surface area (Å²) in [5.74, 6) is 2.60. The molecule has 0 bridgehead atoms. The molecule has 1 amide bonds. The molecule has 0 spiro atoms. The first-order valence-electron chi connectivity index (χ1n) is 25.0. The SMILES string of the molecule is CN1CCN(CCCC(=O)c2ccc(CCN)cc2)CC1.CN1CCN(CCNC(=O)c2ccc(CCNc3nc(N)n4nc(-c5ccco5)nc4n3)cc2)CC1.CS(=O)(=O)c1nc(N)n2nc(-c3ccco3)nc2n1. The second-order valence-corrected chi connectivity index (χ2v) is 20.4. The van der Waals surface area contributed by atoms with Crippen molar-refractivity contribution in [3.8, 4) is 23.2 Å². The van der Waals surface area contributed by atoms with Gasteiger partial charge in [-0.25, -0.2) is 8.42 Å². The fourth-order valence-corrected chi connectivity index (χ4v) is 8.71. The van der Waals surface area contributed by atoms with Crippen LogP contribution in [0.1, 0.15) is 44.7 Å². The number of nitrogens with zero attached hydrogens (tertiary/aromatic N) is 14. The van der Waals surface area contributed by atoms with Gasteiger partial charge in [-0.2, -0.15) is 38.9 Å². The lowest BCUT2D eigenvalue weighted by Crippen LogP contribution is -2.46. The Kier molecular flexibility index (Phi) is 18.4. The number of aromatic nitrogens is 10. The minimum Gasteiger partial charge on any atom is -0.461 e. The summed E-state index contributed by atoms with van der Waals surface area (Å²) in [6, 6.07) is 22.4. The number of ketones is 1. The third kappa shape index (κ3) is 15.0. The minimum absolute atomic E-state index is 0.0410. The Morgan fingerprint density at radius 3 is 1.70 bits per heavy atom. The van der Waals surface area contributed by atoms with Crippen molar-refractivity contribution >= 4 is 50.9 Å². The molecule has 0 radical (unpaired) electrons. The van der Waals surface area contributed by atoms with Gasteiger partial charge in [-0.15, -0.1) is 10.2 Å². The van der Waals surface area contributed by atoms with Crippen LogP contribution in [-0.2, 0) is 22.7 Å². The molecular formula is C50H65N19O6S. The van der Waals surface area contributed by atoms with Gasteiger partial charge >= 0.3 is 0 Å². The maximum Gasteiger partial charge on any atom is 0.259 e. The zero-order valence-electron chi connectivity index (χ0n) is 43.0. The number of amides is 1. The number of furan rings is 2. The Bertz CT molecular complexity index is 3240. The van der Waals surface area contributed by atoms with Gasteiger partial charge in [0.15, 0.2) is 17.3 Å². The van der Waals surface area contributed by atoms with Gasteiger partial charge < -0.3 is 51.4 Å². The average molecular weight is 1060 g/mol. The lowest BCUT2D eigenvalue weighted by molar-refractivity contribution is 0.0939. The molecule has 8 heterocycles. The number of likely N-dealkylation sites (N-methyl/N-ethyl adjacent to an activating group) is 2. The quantitative estimate of drug-likeness (QED) is 0.0769. The van der Waals surface area contributed by atoms with Crippen LogP contribution in [0.3, 0.4) is 0 Å². The zero-order chi connectivity index (χ0) is 53.6. The normalized spacial score (nSPS) is 14.7. The van der Waals surface area contributed by atoms with Gasteiger partial charge in [-0.3, -0.25) is 14.5 Å². The third-order valence-electron chi connectivity index (χ3n) is 12.7. The van der Waals surface area contributed by atoms with Crippen molar-refractivity contribution in [2.75, 3.05) is 122 Å². The van der Waals surface area contributed by atoms with Crippen LogP contribution in [0.15, 0.2) is 99.3 Å². The van der Waals surface area contributed by atoms with E-state index in [0.29, 0.717) is 60.7 Å². The van der Waals surface area contributed by atoms with E-state index in [4.69, 9.17) is 26.0 Å². The van der Waals surface area contributed by atoms with Gasteiger partial charge in [-0.05, 0) is 94.0 Å². The maximum atomic E-state index is 12.5. The molecule has 2 fully saturated rings. The summed E-state index contributed by atoms with van der Waals surface area (Å²) < 4.78 is 35.8. The number of hydrogen-bond acceptors (Lipinski definition) is 22. The molecule has 26 heteroatoms. The number of hydrogen-bond donors (Lipinski definition) is 5. The van der Waals surface area contributed by atoms with E-state index >= 15 is 0 Å². The molecule has 2 aromatic carbocycles. The Balaban J connectivity index is 0.000000163. The van der Waals surface area contributed by atoms with E-state index in [1.807, 2.05) is 48.5 Å². The first-order chi connectivity index (χ1) is 36.7. The van der Waals surface area contributed by atoms with Crippen LogP contribution in [0.25, 0.3) is 34.7 Å². The molecule has 2 saturated heterocycles. The van der Waals surface area contributed by atoms with E-state index in [1.54, 1.807) is 30.5 Å². The largest absolute Gasteiger partial charge is 0.461 e. The number of anilines is 3. The van der Waals surface area contributed by atoms with Crippen LogP contribution in [0.2, 0.25) is 0 Å². The molecular weight excluding hydrogens is 995 g/mol. The van der Waals surface area contributed by atoms with Crippen molar-refractivity contribution in [1.82, 2.24) is 74.0 Å². The lowest BCUT2D eigenvalue weighted by Gasteiger charge is -2.32. The monoisotopic (exact) mass is 1060 g/mol. The summed E-state index contributed by atoms with van der Waals surface area (Å²) in [4.78, 5) is 58.7. The first kappa shape index (κ1) is 54.5. The van der Waals surface area contributed by atoms with E-state index in [2.05, 4.69) is 84.4 Å². The number of carbonyl (C=O) groups excluding carboxylic acids is 2. The van der Waals surface area contributed by atoms with E-state index < -0.39 is 15.0 Å². The number of nitrogen functional groups attached to an aromatic ring is 2. The number of fused-ring (bicyclic) bond motifs is 2. The van der Waals surface area contributed by atoms with Crippen molar-refractivity contribution in [3.63, 3.8) is 0 Å². The number of nitrogens with two attached hydrogens (primary N) is 3.